The Balaban J connectivity index is 0.000000177. The van der Waals surface area contributed by atoms with Crippen molar-refractivity contribution in [3.8, 4) is 21.3 Å². The number of nitrogens with two attached hydrogens (primary N) is 1. The highest BCUT2D eigenvalue weighted by Gasteiger charge is 2.14. The SMILES string of the molecule is COC(=O)c1csc(-c2cnc(C)o2)c1.COC(=O)c1csc(-c2cnc(N)o2)c1.COC(=O)c1csc(C(=O)CBr)c1. The molecule has 0 spiro atoms. The van der Waals surface area contributed by atoms with Crippen LogP contribution in [0.15, 0.2) is 55.6 Å². The summed E-state index contributed by atoms with van der Waals surface area (Å²) in [5, 5.41) is 5.31. The summed E-state index contributed by atoms with van der Waals surface area (Å²) >= 11 is 7.10. The van der Waals surface area contributed by atoms with E-state index in [9.17, 15) is 19.2 Å². The van der Waals surface area contributed by atoms with E-state index in [1.54, 1.807) is 47.5 Å². The fourth-order valence-corrected chi connectivity index (χ4v) is 5.98. The molecule has 0 amide bonds. The minimum Gasteiger partial charge on any atom is -0.465 e. The van der Waals surface area contributed by atoms with Gasteiger partial charge in [0, 0.05) is 23.1 Å². The molecule has 226 valence electrons. The van der Waals surface area contributed by atoms with Gasteiger partial charge in [-0.1, -0.05) is 15.9 Å². The van der Waals surface area contributed by atoms with Gasteiger partial charge in [0.25, 0.3) is 6.01 Å². The molecule has 0 aliphatic rings. The average Bonchev–Trinajstić information content (AvgIpc) is 3.85. The molecule has 0 radical (unpaired) electrons. The lowest BCUT2D eigenvalue weighted by atomic mass is 10.3. The van der Waals surface area contributed by atoms with Gasteiger partial charge in [-0.3, -0.25) is 4.79 Å². The monoisotopic (exact) mass is 709 g/mol. The maximum absolute atomic E-state index is 11.2. The first kappa shape index (κ1) is 33.4. The molecule has 5 rings (SSSR count). The van der Waals surface area contributed by atoms with Crippen LogP contribution in [0.1, 0.15) is 46.6 Å². The Hall–Kier alpha value is -4.12. The lowest BCUT2D eigenvalue weighted by Gasteiger charge is -1.91. The van der Waals surface area contributed by atoms with Crippen LogP contribution in [0.4, 0.5) is 6.01 Å². The van der Waals surface area contributed by atoms with Gasteiger partial charge >= 0.3 is 17.9 Å². The summed E-state index contributed by atoms with van der Waals surface area (Å²) in [6.07, 6.45) is 3.16. The number of nitrogen functional groups attached to an aromatic ring is 1. The Bertz CT molecular complexity index is 1580. The second kappa shape index (κ2) is 15.9. The van der Waals surface area contributed by atoms with Crippen molar-refractivity contribution < 1.29 is 42.2 Å². The average molecular weight is 711 g/mol. The van der Waals surface area contributed by atoms with Crippen LogP contribution in [0, 0.1) is 6.92 Å². The van der Waals surface area contributed by atoms with Gasteiger partial charge in [-0.25, -0.2) is 24.4 Å². The van der Waals surface area contributed by atoms with Crippen LogP contribution in [0.2, 0.25) is 0 Å². The van der Waals surface area contributed by atoms with Crippen LogP contribution < -0.4 is 5.73 Å². The number of anilines is 1. The second-order valence-corrected chi connectivity index (χ2v) is 11.2. The van der Waals surface area contributed by atoms with E-state index in [0.717, 1.165) is 9.75 Å². The molecule has 0 saturated heterocycles. The van der Waals surface area contributed by atoms with E-state index in [1.807, 2.05) is 0 Å². The summed E-state index contributed by atoms with van der Waals surface area (Å²) in [5.74, 6) is 0.682. The molecule has 0 aromatic carbocycles. The lowest BCUT2D eigenvalue weighted by molar-refractivity contribution is 0.0592. The molecule has 0 aliphatic carbocycles. The number of hydrogen-bond acceptors (Lipinski definition) is 15. The summed E-state index contributed by atoms with van der Waals surface area (Å²) < 4.78 is 24.2. The van der Waals surface area contributed by atoms with E-state index >= 15 is 0 Å². The maximum atomic E-state index is 11.2. The number of oxazole rings is 2. The smallest absolute Gasteiger partial charge is 0.338 e. The fourth-order valence-electron chi connectivity index (χ4n) is 3.03. The van der Waals surface area contributed by atoms with Crippen LogP contribution in [-0.4, -0.2) is 60.3 Å². The fraction of sp³-hybridized carbons (Fsp3) is 0.185. The zero-order valence-corrected chi connectivity index (χ0v) is 27.1. The molecular weight excluding hydrogens is 686 g/mol. The van der Waals surface area contributed by atoms with E-state index in [-0.39, 0.29) is 29.1 Å². The number of methoxy groups -OCH3 is 3. The molecule has 0 unspecified atom stereocenters. The minimum atomic E-state index is -0.412. The number of carbonyl (C=O) groups is 4. The van der Waals surface area contributed by atoms with E-state index in [2.05, 4.69) is 40.1 Å². The Morgan fingerprint density at radius 3 is 1.65 bits per heavy atom. The Morgan fingerprint density at radius 1 is 0.767 bits per heavy atom. The van der Waals surface area contributed by atoms with Gasteiger partial charge in [0.1, 0.15) is 0 Å². The van der Waals surface area contributed by atoms with Gasteiger partial charge in [-0.05, 0) is 18.2 Å². The number of esters is 3. The first-order chi connectivity index (χ1) is 20.6. The number of carbonyl (C=O) groups excluding carboxylic acids is 4. The largest absolute Gasteiger partial charge is 0.465 e. The first-order valence-electron chi connectivity index (χ1n) is 11.8. The van der Waals surface area contributed by atoms with Crippen molar-refractivity contribution in [2.24, 2.45) is 0 Å². The number of hydrogen-bond donors (Lipinski definition) is 1. The minimum absolute atomic E-state index is 0.0276. The Morgan fingerprint density at radius 2 is 1.23 bits per heavy atom. The third kappa shape index (κ3) is 9.18. The molecule has 12 nitrogen and oxygen atoms in total. The molecule has 5 heterocycles. The van der Waals surface area contributed by atoms with Crippen LogP contribution in [0.25, 0.3) is 21.3 Å². The normalized spacial score (nSPS) is 10.1. The van der Waals surface area contributed by atoms with E-state index < -0.39 is 5.97 Å². The van der Waals surface area contributed by atoms with Gasteiger partial charge < -0.3 is 28.8 Å². The molecule has 0 bridgehead atoms. The summed E-state index contributed by atoms with van der Waals surface area (Å²) in [6.45, 7) is 1.78. The molecule has 0 saturated carbocycles. The molecule has 5 aromatic rings. The summed E-state index contributed by atoms with van der Waals surface area (Å²) in [6, 6.07) is 5.06. The molecule has 43 heavy (non-hydrogen) atoms. The standard InChI is InChI=1S/C10H9NO3S.C9H8N2O3S.C8H7BrO3S/c1-6-11-4-8(14-6)9-3-7(5-15-9)10(12)13-2;1-13-8(12)5-2-7(15-4-5)6-3-11-9(10)14-6;1-12-8(11)5-2-7(13-4-5)6(10)3-9/h3-5H,1-2H3;2-4H,1H3,(H2,10,11);2,4H,3H2,1H3. The zero-order chi connectivity index (χ0) is 31.5. The number of ketones is 1. The van der Waals surface area contributed by atoms with Crippen molar-refractivity contribution in [3.05, 3.63) is 74.2 Å². The molecular formula is C27H24BrN3O9S3. The molecule has 0 fully saturated rings. The van der Waals surface area contributed by atoms with Crippen molar-refractivity contribution >= 4 is 79.6 Å². The quantitative estimate of drug-likeness (QED) is 0.0855. The van der Waals surface area contributed by atoms with Crippen LogP contribution in [0.3, 0.4) is 0 Å². The second-order valence-electron chi connectivity index (χ2n) is 7.94. The van der Waals surface area contributed by atoms with E-state index in [4.69, 9.17) is 14.6 Å². The summed E-state index contributed by atoms with van der Waals surface area (Å²) in [5.41, 5.74) is 6.80. The highest BCUT2D eigenvalue weighted by atomic mass is 79.9. The summed E-state index contributed by atoms with van der Waals surface area (Å²) in [7, 11) is 4.01. The lowest BCUT2D eigenvalue weighted by Crippen LogP contribution is -2.00. The summed E-state index contributed by atoms with van der Waals surface area (Å²) in [4.78, 5) is 54.5. The van der Waals surface area contributed by atoms with Gasteiger partial charge in [-0.15, -0.1) is 34.0 Å². The Kier molecular flexibility index (Phi) is 12.4. The van der Waals surface area contributed by atoms with Crippen molar-refractivity contribution in [2.45, 2.75) is 6.92 Å². The zero-order valence-electron chi connectivity index (χ0n) is 23.1. The van der Waals surface area contributed by atoms with Gasteiger partial charge in [-0.2, -0.15) is 0 Å². The van der Waals surface area contributed by atoms with Crippen molar-refractivity contribution in [3.63, 3.8) is 0 Å². The maximum Gasteiger partial charge on any atom is 0.338 e. The molecule has 5 aromatic heterocycles. The van der Waals surface area contributed by atoms with Crippen molar-refractivity contribution in [2.75, 3.05) is 32.4 Å². The Labute approximate surface area is 265 Å². The number of rotatable bonds is 7. The number of nitrogens with zero attached hydrogens (tertiary/aromatic N) is 2. The predicted octanol–water partition coefficient (Wildman–Crippen LogP) is 6.38. The molecule has 0 atom stereocenters. The van der Waals surface area contributed by atoms with Gasteiger partial charge in [0.05, 0.1) is 70.4 Å². The number of thiophene rings is 3. The van der Waals surface area contributed by atoms with Gasteiger partial charge in [0.2, 0.25) is 0 Å². The number of halogens is 1. The number of aromatic nitrogens is 2. The number of aryl methyl sites for hydroxylation is 1. The molecule has 0 aliphatic heterocycles. The van der Waals surface area contributed by atoms with Crippen LogP contribution in [-0.2, 0) is 14.2 Å². The molecule has 2 N–H and O–H groups in total. The van der Waals surface area contributed by atoms with E-state index in [0.29, 0.717) is 39.0 Å². The highest BCUT2D eigenvalue weighted by molar-refractivity contribution is 9.09. The van der Waals surface area contributed by atoms with Crippen molar-refractivity contribution in [1.29, 1.82) is 0 Å². The van der Waals surface area contributed by atoms with Crippen LogP contribution >= 0.6 is 49.9 Å². The third-order valence-electron chi connectivity index (χ3n) is 5.09. The number of ether oxygens (including phenoxy) is 3. The highest BCUT2D eigenvalue weighted by Crippen LogP contribution is 2.29. The molecule has 16 heteroatoms. The van der Waals surface area contributed by atoms with Crippen LogP contribution in [0.5, 0.6) is 0 Å². The van der Waals surface area contributed by atoms with E-state index in [1.165, 1.54) is 61.5 Å². The third-order valence-corrected chi connectivity index (χ3v) is 8.46. The number of alkyl halides is 1. The van der Waals surface area contributed by atoms with Gasteiger partial charge in [0.15, 0.2) is 23.2 Å². The van der Waals surface area contributed by atoms with Crippen molar-refractivity contribution in [1.82, 2.24) is 9.97 Å². The number of Topliss-reactive ketones (excluding diaryl/α,β-unsaturated/α-hetero) is 1. The topological polar surface area (TPSA) is 174 Å². The predicted molar refractivity (Wildman–Crippen MR) is 165 cm³/mol. The first-order valence-corrected chi connectivity index (χ1v) is 15.6.